The van der Waals surface area contributed by atoms with Crippen LogP contribution < -0.4 is 11.1 Å². The van der Waals surface area contributed by atoms with Gasteiger partial charge < -0.3 is 15.8 Å². The lowest BCUT2D eigenvalue weighted by Crippen LogP contribution is -2.46. The number of nitrogens with one attached hydrogen (secondary N) is 1. The molecule has 1 aliphatic rings. The third-order valence-electron chi connectivity index (χ3n) is 4.30. The van der Waals surface area contributed by atoms with Gasteiger partial charge in [0.15, 0.2) is 0 Å². The van der Waals surface area contributed by atoms with Gasteiger partial charge in [-0.2, -0.15) is 0 Å². The quantitative estimate of drug-likeness (QED) is 0.860. The molecule has 22 heavy (non-hydrogen) atoms. The number of carbonyl (C=O) groups is 1. The number of carbonyl (C=O) groups excluding carboxylic acids is 1. The van der Waals surface area contributed by atoms with Crippen molar-refractivity contribution < 1.29 is 9.53 Å². The van der Waals surface area contributed by atoms with E-state index >= 15 is 0 Å². The molecule has 0 aliphatic carbocycles. The second-order valence-electron chi connectivity index (χ2n) is 5.73. The summed E-state index contributed by atoms with van der Waals surface area (Å²) in [5.74, 6) is -0.177. The predicted octanol–water partition coefficient (Wildman–Crippen LogP) is 2.52. The van der Waals surface area contributed by atoms with Crippen molar-refractivity contribution in [1.82, 2.24) is 5.32 Å². The third-order valence-corrected chi connectivity index (χ3v) is 4.63. The van der Waals surface area contributed by atoms with Crippen molar-refractivity contribution in [3.05, 3.63) is 34.9 Å². The smallest absolute Gasteiger partial charge is 0.224 e. The maximum Gasteiger partial charge on any atom is 0.224 e. The molecule has 2 rings (SSSR count). The van der Waals surface area contributed by atoms with Crippen molar-refractivity contribution in [3.8, 4) is 0 Å². The molecule has 1 aromatic carbocycles. The normalized spacial score (nSPS) is 18.1. The van der Waals surface area contributed by atoms with Gasteiger partial charge in [0, 0.05) is 42.7 Å². The van der Waals surface area contributed by atoms with Gasteiger partial charge in [0.05, 0.1) is 0 Å². The van der Waals surface area contributed by atoms with E-state index in [-0.39, 0.29) is 29.6 Å². The fourth-order valence-corrected chi connectivity index (χ4v) is 3.07. The largest absolute Gasteiger partial charge is 0.381 e. The first-order chi connectivity index (χ1) is 10.1. The maximum absolute atomic E-state index is 12.0. The summed E-state index contributed by atoms with van der Waals surface area (Å²) >= 11 is 6.38. The molecule has 3 N–H and O–H groups in total. The van der Waals surface area contributed by atoms with E-state index in [4.69, 9.17) is 22.1 Å². The Morgan fingerprint density at radius 3 is 2.64 bits per heavy atom. The van der Waals surface area contributed by atoms with Gasteiger partial charge in [-0.05, 0) is 24.5 Å². The molecule has 1 heterocycles. The summed E-state index contributed by atoms with van der Waals surface area (Å²) in [5.41, 5.74) is 6.49. The van der Waals surface area contributed by atoms with Gasteiger partial charge in [-0.15, -0.1) is 12.4 Å². The van der Waals surface area contributed by atoms with E-state index in [1.807, 2.05) is 31.2 Å². The predicted molar refractivity (Wildman–Crippen MR) is 91.7 cm³/mol. The summed E-state index contributed by atoms with van der Waals surface area (Å²) in [6.07, 6.45) is 1.71. The number of rotatable bonds is 5. The molecule has 0 spiro atoms. The molecule has 1 atom stereocenters. The van der Waals surface area contributed by atoms with Gasteiger partial charge in [-0.3, -0.25) is 4.79 Å². The molecule has 0 bridgehead atoms. The number of nitrogens with two attached hydrogens (primary N) is 1. The zero-order chi connectivity index (χ0) is 15.3. The van der Waals surface area contributed by atoms with Crippen molar-refractivity contribution >= 4 is 29.9 Å². The number of hydrogen-bond acceptors (Lipinski definition) is 3. The van der Waals surface area contributed by atoms with Crippen molar-refractivity contribution in [3.63, 3.8) is 0 Å². The van der Waals surface area contributed by atoms with Crippen LogP contribution in [-0.2, 0) is 14.9 Å². The summed E-state index contributed by atoms with van der Waals surface area (Å²) in [5, 5.41) is 3.79. The van der Waals surface area contributed by atoms with E-state index in [0.29, 0.717) is 26.3 Å². The number of amides is 1. The molecule has 124 valence electrons. The second kappa shape index (κ2) is 8.73. The van der Waals surface area contributed by atoms with Gasteiger partial charge in [0.1, 0.15) is 0 Å². The molecule has 1 aliphatic heterocycles. The van der Waals surface area contributed by atoms with Crippen LogP contribution in [0, 0.1) is 5.92 Å². The van der Waals surface area contributed by atoms with Crippen LogP contribution in [0.3, 0.4) is 0 Å². The molecule has 1 aromatic rings. The lowest BCUT2D eigenvalue weighted by atomic mass is 9.74. The zero-order valence-corrected chi connectivity index (χ0v) is 14.4. The minimum Gasteiger partial charge on any atom is -0.381 e. The topological polar surface area (TPSA) is 64.4 Å². The molecule has 1 saturated heterocycles. The summed E-state index contributed by atoms with van der Waals surface area (Å²) in [6.45, 7) is 4.14. The highest BCUT2D eigenvalue weighted by Gasteiger charge is 2.36. The molecule has 4 nitrogen and oxygen atoms in total. The van der Waals surface area contributed by atoms with Crippen molar-refractivity contribution in [2.45, 2.75) is 25.2 Å². The van der Waals surface area contributed by atoms with E-state index in [9.17, 15) is 4.79 Å². The summed E-state index contributed by atoms with van der Waals surface area (Å²) in [7, 11) is 0. The SMILES string of the molecule is CC(CN)C(=O)NCC1(c2ccccc2Cl)CCOCC1.Cl. The van der Waals surface area contributed by atoms with Crippen LogP contribution in [-0.4, -0.2) is 32.2 Å². The number of ether oxygens (including phenoxy) is 1. The van der Waals surface area contributed by atoms with Crippen LogP contribution in [0.25, 0.3) is 0 Å². The fraction of sp³-hybridized carbons (Fsp3) is 0.562. The van der Waals surface area contributed by atoms with Gasteiger partial charge in [-0.1, -0.05) is 36.7 Å². The standard InChI is InChI=1S/C16H23ClN2O2.ClH/c1-12(10-18)15(20)19-11-16(6-8-21-9-7-16)13-4-2-3-5-14(13)17;/h2-5,12H,6-11,18H2,1H3,(H,19,20);1H. The van der Waals surface area contributed by atoms with Crippen molar-refractivity contribution in [2.24, 2.45) is 11.7 Å². The second-order valence-corrected chi connectivity index (χ2v) is 6.13. The Morgan fingerprint density at radius 1 is 1.41 bits per heavy atom. The Morgan fingerprint density at radius 2 is 2.05 bits per heavy atom. The number of halogens is 2. The van der Waals surface area contributed by atoms with E-state index in [1.54, 1.807) is 0 Å². The van der Waals surface area contributed by atoms with E-state index in [2.05, 4.69) is 5.32 Å². The molecule has 1 unspecified atom stereocenters. The lowest BCUT2D eigenvalue weighted by molar-refractivity contribution is -0.124. The van der Waals surface area contributed by atoms with E-state index in [1.165, 1.54) is 0 Å². The van der Waals surface area contributed by atoms with Crippen LogP contribution in [0.1, 0.15) is 25.3 Å². The summed E-state index contributed by atoms with van der Waals surface area (Å²) in [4.78, 5) is 12.0. The average Bonchev–Trinajstić information content (AvgIpc) is 2.53. The van der Waals surface area contributed by atoms with Gasteiger partial charge >= 0.3 is 0 Å². The maximum atomic E-state index is 12.0. The molecule has 0 saturated carbocycles. The third kappa shape index (κ3) is 4.35. The first kappa shape index (κ1) is 19.2. The fourth-order valence-electron chi connectivity index (χ4n) is 2.73. The van der Waals surface area contributed by atoms with Gasteiger partial charge in [0.25, 0.3) is 0 Å². The van der Waals surface area contributed by atoms with E-state index < -0.39 is 0 Å². The highest BCUT2D eigenvalue weighted by Crippen LogP contribution is 2.38. The molecular formula is C16H24Cl2N2O2. The monoisotopic (exact) mass is 346 g/mol. The molecule has 1 amide bonds. The Bertz CT molecular complexity index is 491. The van der Waals surface area contributed by atoms with Crippen molar-refractivity contribution in [2.75, 3.05) is 26.3 Å². The van der Waals surface area contributed by atoms with Crippen molar-refractivity contribution in [1.29, 1.82) is 0 Å². The molecule has 1 fully saturated rings. The number of hydrogen-bond donors (Lipinski definition) is 2. The van der Waals surface area contributed by atoms with Crippen LogP contribution in [0.15, 0.2) is 24.3 Å². The van der Waals surface area contributed by atoms with Gasteiger partial charge in [0.2, 0.25) is 5.91 Å². The number of benzene rings is 1. The average molecular weight is 347 g/mol. The Kier molecular flexibility index (Phi) is 7.63. The minimum absolute atomic E-state index is 0. The van der Waals surface area contributed by atoms with Crippen LogP contribution in [0.4, 0.5) is 0 Å². The van der Waals surface area contributed by atoms with Crippen LogP contribution in [0.2, 0.25) is 5.02 Å². The molecule has 6 heteroatoms. The first-order valence-corrected chi connectivity index (χ1v) is 7.77. The lowest BCUT2D eigenvalue weighted by Gasteiger charge is -2.38. The minimum atomic E-state index is -0.173. The zero-order valence-electron chi connectivity index (χ0n) is 12.8. The Balaban J connectivity index is 0.00000242. The highest BCUT2D eigenvalue weighted by atomic mass is 35.5. The summed E-state index contributed by atoms with van der Waals surface area (Å²) < 4.78 is 5.49. The highest BCUT2D eigenvalue weighted by molar-refractivity contribution is 6.31. The summed E-state index contributed by atoms with van der Waals surface area (Å²) in [6, 6.07) is 7.86. The first-order valence-electron chi connectivity index (χ1n) is 7.39. The molecular weight excluding hydrogens is 323 g/mol. The Labute approximate surface area is 143 Å². The van der Waals surface area contributed by atoms with E-state index in [0.717, 1.165) is 23.4 Å². The van der Waals surface area contributed by atoms with Crippen LogP contribution in [0.5, 0.6) is 0 Å². The van der Waals surface area contributed by atoms with Crippen LogP contribution >= 0.6 is 24.0 Å². The molecule has 0 radical (unpaired) electrons. The van der Waals surface area contributed by atoms with Gasteiger partial charge in [-0.25, -0.2) is 0 Å². The Hall–Kier alpha value is -0.810. The molecule has 0 aromatic heterocycles.